The van der Waals surface area contributed by atoms with Gasteiger partial charge in [0.15, 0.2) is 0 Å². The number of alkyl halides is 2. The summed E-state index contributed by atoms with van der Waals surface area (Å²) in [5.41, 5.74) is 2.70. The molecule has 4 bridgehead atoms. The Bertz CT molecular complexity index is 1090. The van der Waals surface area contributed by atoms with Gasteiger partial charge < -0.3 is 9.47 Å². The average molecular weight is 522 g/mol. The average Bonchev–Trinajstić information content (AvgIpc) is 3.04. The van der Waals surface area contributed by atoms with E-state index in [2.05, 4.69) is 60.7 Å². The van der Waals surface area contributed by atoms with Crippen LogP contribution >= 0.6 is 46.4 Å². The highest BCUT2D eigenvalue weighted by atomic mass is 35.5. The Morgan fingerprint density at radius 1 is 0.667 bits per heavy atom. The molecule has 0 unspecified atom stereocenters. The van der Waals surface area contributed by atoms with Crippen LogP contribution in [-0.2, 0) is 14.9 Å². The van der Waals surface area contributed by atoms with Crippen LogP contribution in [0.4, 0.5) is 0 Å². The van der Waals surface area contributed by atoms with Crippen molar-refractivity contribution in [3.63, 3.8) is 0 Å². The normalized spacial score (nSPS) is 44.8. The van der Waals surface area contributed by atoms with Crippen LogP contribution in [0.15, 0.2) is 70.7 Å². The van der Waals surface area contributed by atoms with Gasteiger partial charge in [-0.25, -0.2) is 0 Å². The lowest BCUT2D eigenvalue weighted by molar-refractivity contribution is -0.223. The first-order valence-electron chi connectivity index (χ1n) is 11.5. The zero-order chi connectivity index (χ0) is 23.0. The standard InChI is InChI=1S/C27H24Cl4O2/c1-32-27(33-2)25(30)20-16-13-17(21(20)26(27,31)23(29)22(25)28)19-18(16)24(19,14-9-5-3-6-10-14)15-11-7-4-8-12-15/h3-12,16-21H,13H2,1-2H3/t16-,17+,18+,19-,20-,21+,25-,26+. The van der Waals surface area contributed by atoms with Crippen molar-refractivity contribution in [2.24, 2.45) is 35.5 Å². The molecule has 7 rings (SSSR count). The number of methoxy groups -OCH3 is 2. The molecule has 0 aliphatic heterocycles. The van der Waals surface area contributed by atoms with E-state index < -0.39 is 15.5 Å². The molecule has 2 aromatic carbocycles. The second kappa shape index (κ2) is 6.52. The zero-order valence-electron chi connectivity index (χ0n) is 18.3. The van der Waals surface area contributed by atoms with Crippen LogP contribution in [0.1, 0.15) is 17.5 Å². The third-order valence-electron chi connectivity index (χ3n) is 9.89. The van der Waals surface area contributed by atoms with E-state index in [4.69, 9.17) is 55.9 Å². The molecule has 33 heavy (non-hydrogen) atoms. The Balaban J connectivity index is 1.43. The monoisotopic (exact) mass is 520 g/mol. The van der Waals surface area contributed by atoms with Gasteiger partial charge >= 0.3 is 0 Å². The molecule has 0 saturated heterocycles. The van der Waals surface area contributed by atoms with Gasteiger partial charge in [-0.15, -0.1) is 23.2 Å². The molecule has 5 aliphatic rings. The Labute approximate surface area is 214 Å². The van der Waals surface area contributed by atoms with Crippen LogP contribution in [0.2, 0.25) is 0 Å². The number of hydrogen-bond acceptors (Lipinski definition) is 2. The molecule has 0 amide bonds. The molecule has 0 spiro atoms. The summed E-state index contributed by atoms with van der Waals surface area (Å²) in [6.07, 6.45) is 1.09. The molecule has 0 radical (unpaired) electrons. The van der Waals surface area contributed by atoms with E-state index in [1.807, 2.05) is 0 Å². The molecule has 0 heterocycles. The minimum Gasteiger partial charge on any atom is -0.350 e. The first-order valence-corrected chi connectivity index (χ1v) is 13.0. The molecular formula is C27H24Cl4O2. The van der Waals surface area contributed by atoms with Crippen molar-refractivity contribution in [1.29, 1.82) is 0 Å². The molecule has 172 valence electrons. The predicted octanol–water partition coefficient (Wildman–Crippen LogP) is 6.76. The summed E-state index contributed by atoms with van der Waals surface area (Å²) in [4.78, 5) is -2.21. The van der Waals surface area contributed by atoms with Crippen molar-refractivity contribution in [3.05, 3.63) is 81.9 Å². The lowest BCUT2D eigenvalue weighted by atomic mass is 9.73. The third kappa shape index (κ3) is 1.95. The van der Waals surface area contributed by atoms with Gasteiger partial charge in [0.1, 0.15) is 9.75 Å². The number of rotatable bonds is 4. The molecule has 0 aromatic heterocycles. The van der Waals surface area contributed by atoms with E-state index in [1.165, 1.54) is 11.1 Å². The number of fused-ring (bicyclic) bond motifs is 12. The van der Waals surface area contributed by atoms with Gasteiger partial charge in [-0.05, 0) is 53.1 Å². The van der Waals surface area contributed by atoms with Gasteiger partial charge in [0.25, 0.3) is 0 Å². The van der Waals surface area contributed by atoms with E-state index in [9.17, 15) is 0 Å². The topological polar surface area (TPSA) is 18.5 Å². The van der Waals surface area contributed by atoms with Crippen molar-refractivity contribution in [3.8, 4) is 0 Å². The lowest BCUT2D eigenvalue weighted by Gasteiger charge is -2.43. The number of ether oxygens (including phenoxy) is 2. The Kier molecular flexibility index (Phi) is 4.25. The third-order valence-corrected chi connectivity index (χ3v) is 12.5. The van der Waals surface area contributed by atoms with Gasteiger partial charge in [0.2, 0.25) is 5.79 Å². The Hall–Kier alpha value is -0.740. The molecule has 0 N–H and O–H groups in total. The van der Waals surface area contributed by atoms with Crippen LogP contribution in [-0.4, -0.2) is 29.8 Å². The maximum atomic E-state index is 7.51. The number of halogens is 4. The maximum Gasteiger partial charge on any atom is 0.217 e. The summed E-state index contributed by atoms with van der Waals surface area (Å²) in [6.45, 7) is 0. The van der Waals surface area contributed by atoms with Crippen molar-refractivity contribution >= 4 is 46.4 Å². The SMILES string of the molecule is COC1(OC)[C@@]2(Cl)C(Cl)=C(Cl)[C@]1(Cl)[C@@H]1[C@@H]3C[C@@H]([C@@H]4[C@H]3C4(c3ccccc3)c3ccccc3)[C@@H]12. The molecule has 4 saturated carbocycles. The minimum atomic E-state index is -1.29. The number of hydrogen-bond donors (Lipinski definition) is 0. The van der Waals surface area contributed by atoms with Crippen molar-refractivity contribution in [2.45, 2.75) is 27.4 Å². The maximum absolute atomic E-state index is 7.51. The van der Waals surface area contributed by atoms with E-state index >= 15 is 0 Å². The van der Waals surface area contributed by atoms with Gasteiger partial charge in [-0.3, -0.25) is 0 Å². The van der Waals surface area contributed by atoms with Crippen LogP contribution < -0.4 is 0 Å². The quantitative estimate of drug-likeness (QED) is 0.251. The second-order valence-electron chi connectivity index (χ2n) is 10.3. The van der Waals surface area contributed by atoms with Crippen LogP contribution in [0.25, 0.3) is 0 Å². The van der Waals surface area contributed by atoms with Crippen LogP contribution in [0, 0.1) is 35.5 Å². The lowest BCUT2D eigenvalue weighted by Crippen LogP contribution is -2.58. The van der Waals surface area contributed by atoms with E-state index in [0.29, 0.717) is 33.7 Å². The highest BCUT2D eigenvalue weighted by Crippen LogP contribution is 2.89. The predicted molar refractivity (Wildman–Crippen MR) is 132 cm³/mol. The summed E-state index contributed by atoms with van der Waals surface area (Å²) < 4.78 is 12.0. The van der Waals surface area contributed by atoms with Gasteiger partial charge in [-0.1, -0.05) is 83.9 Å². The Morgan fingerprint density at radius 3 is 1.42 bits per heavy atom. The summed E-state index contributed by atoms with van der Waals surface area (Å²) in [6, 6.07) is 21.8. The summed E-state index contributed by atoms with van der Waals surface area (Å²) >= 11 is 28.8. The first-order chi connectivity index (χ1) is 15.9. The van der Waals surface area contributed by atoms with Crippen LogP contribution in [0.5, 0.6) is 0 Å². The molecule has 2 aromatic rings. The van der Waals surface area contributed by atoms with E-state index in [-0.39, 0.29) is 17.3 Å². The van der Waals surface area contributed by atoms with Crippen molar-refractivity contribution in [1.82, 2.24) is 0 Å². The molecule has 4 fully saturated rings. The Morgan fingerprint density at radius 2 is 1.06 bits per heavy atom. The smallest absolute Gasteiger partial charge is 0.217 e. The van der Waals surface area contributed by atoms with Crippen molar-refractivity contribution in [2.75, 3.05) is 14.2 Å². The molecule has 8 atom stereocenters. The van der Waals surface area contributed by atoms with Gasteiger partial charge in [0, 0.05) is 19.6 Å². The molecule has 5 aliphatic carbocycles. The summed E-state index contributed by atoms with van der Waals surface area (Å²) in [5.74, 6) is 0.428. The van der Waals surface area contributed by atoms with Crippen LogP contribution in [0.3, 0.4) is 0 Å². The van der Waals surface area contributed by atoms with E-state index in [1.54, 1.807) is 14.2 Å². The highest BCUT2D eigenvalue weighted by Gasteiger charge is 2.93. The van der Waals surface area contributed by atoms with Gasteiger partial charge in [-0.2, -0.15) is 0 Å². The van der Waals surface area contributed by atoms with E-state index in [0.717, 1.165) is 6.42 Å². The molecule has 6 heteroatoms. The minimum absolute atomic E-state index is 0.0344. The van der Waals surface area contributed by atoms with Crippen molar-refractivity contribution < 1.29 is 9.47 Å². The zero-order valence-corrected chi connectivity index (χ0v) is 21.3. The first kappa shape index (κ1) is 21.5. The summed E-state index contributed by atoms with van der Waals surface area (Å²) in [7, 11) is 3.19. The fraction of sp³-hybridized carbons (Fsp3) is 0.481. The fourth-order valence-electron chi connectivity index (χ4n) is 9.26. The molecule has 2 nitrogen and oxygen atoms in total. The largest absolute Gasteiger partial charge is 0.350 e. The summed E-state index contributed by atoms with van der Waals surface area (Å²) in [5, 5.41) is 0.779. The fourth-order valence-corrected chi connectivity index (χ4v) is 11.6. The highest BCUT2D eigenvalue weighted by molar-refractivity contribution is 6.52. The number of benzene rings is 2. The second-order valence-corrected chi connectivity index (χ2v) is 12.3. The van der Waals surface area contributed by atoms with Gasteiger partial charge in [0.05, 0.1) is 10.1 Å². The molecular weight excluding hydrogens is 498 g/mol.